The molecule has 1 heterocycles. The number of rotatable bonds is 7. The zero-order valence-corrected chi connectivity index (χ0v) is 18.8. The smallest absolute Gasteiger partial charge is 0.349 e. The van der Waals surface area contributed by atoms with E-state index in [-0.39, 0.29) is 5.56 Å². The van der Waals surface area contributed by atoms with Crippen molar-refractivity contribution < 1.29 is 13.9 Å². The predicted molar refractivity (Wildman–Crippen MR) is 132 cm³/mol. The van der Waals surface area contributed by atoms with E-state index in [1.54, 1.807) is 7.11 Å². The van der Waals surface area contributed by atoms with Crippen LogP contribution in [0.15, 0.2) is 75.0 Å². The number of methoxy groups -OCH3 is 1. The molecule has 0 aliphatic heterocycles. The Morgan fingerprint density at radius 3 is 2.48 bits per heavy atom. The molecular weight excluding hydrogens is 418 g/mol. The first kappa shape index (κ1) is 22.1. The number of carbonyl (C=O) groups is 1. The minimum atomic E-state index is -0.702. The molecule has 0 radical (unpaired) electrons. The average Bonchev–Trinajstić information content (AvgIpc) is 2.83. The lowest BCUT2D eigenvalue weighted by Gasteiger charge is -2.20. The number of anilines is 1. The maximum Gasteiger partial charge on any atom is 0.349 e. The van der Waals surface area contributed by atoms with Gasteiger partial charge in [0.05, 0.1) is 13.3 Å². The van der Waals surface area contributed by atoms with E-state index in [4.69, 9.17) is 9.15 Å². The molecule has 1 aromatic heterocycles. The predicted octanol–water partition coefficient (Wildman–Crippen LogP) is 4.56. The summed E-state index contributed by atoms with van der Waals surface area (Å²) in [6.45, 7) is 5.81. The molecule has 1 amide bonds. The van der Waals surface area contributed by atoms with Crippen molar-refractivity contribution in [3.63, 3.8) is 0 Å². The molecule has 168 valence electrons. The summed E-state index contributed by atoms with van der Waals surface area (Å²) in [4.78, 5) is 27.1. The van der Waals surface area contributed by atoms with Gasteiger partial charge in [0.15, 0.2) is 0 Å². The molecule has 0 spiro atoms. The SMILES string of the molecule is CCN(CC)c1ccc2cc(C(=O)N/N=C/c3ccc4cc(OC)ccc4c3)c(=O)oc2c1. The minimum Gasteiger partial charge on any atom is -0.497 e. The van der Waals surface area contributed by atoms with Crippen molar-refractivity contribution in [3.8, 4) is 5.75 Å². The molecule has 4 aromatic rings. The molecule has 1 N–H and O–H groups in total. The Morgan fingerprint density at radius 2 is 1.73 bits per heavy atom. The fraction of sp³-hybridized carbons (Fsp3) is 0.192. The Morgan fingerprint density at radius 1 is 1.00 bits per heavy atom. The maximum absolute atomic E-state index is 12.5. The highest BCUT2D eigenvalue weighted by Gasteiger charge is 2.14. The molecule has 0 atom stereocenters. The van der Waals surface area contributed by atoms with Gasteiger partial charge in [0.1, 0.15) is 16.9 Å². The van der Waals surface area contributed by atoms with E-state index in [1.807, 2.05) is 54.6 Å². The Labute approximate surface area is 191 Å². The van der Waals surface area contributed by atoms with Gasteiger partial charge < -0.3 is 14.1 Å². The summed E-state index contributed by atoms with van der Waals surface area (Å²) in [6.07, 6.45) is 1.53. The van der Waals surface area contributed by atoms with E-state index in [0.717, 1.165) is 40.9 Å². The minimum absolute atomic E-state index is 0.0964. The molecule has 33 heavy (non-hydrogen) atoms. The highest BCUT2D eigenvalue weighted by atomic mass is 16.5. The lowest BCUT2D eigenvalue weighted by molar-refractivity contribution is 0.0951. The molecule has 0 aliphatic carbocycles. The van der Waals surface area contributed by atoms with E-state index in [1.165, 1.54) is 12.3 Å². The standard InChI is InChI=1S/C26H25N3O4/c1-4-29(5-2)21-10-8-20-14-23(26(31)33-24(20)15-21)25(30)28-27-16-17-6-7-19-13-22(32-3)11-9-18(19)12-17/h6-16H,4-5H2,1-3H3,(H,28,30)/b27-16+. The summed E-state index contributed by atoms with van der Waals surface area (Å²) in [5, 5.41) is 6.73. The Balaban J connectivity index is 1.52. The van der Waals surface area contributed by atoms with Crippen LogP contribution in [0.1, 0.15) is 29.8 Å². The summed E-state index contributed by atoms with van der Waals surface area (Å²) in [5.74, 6) is 0.162. The molecule has 0 saturated heterocycles. The number of carbonyl (C=O) groups excluding carboxylic acids is 1. The first-order valence-electron chi connectivity index (χ1n) is 10.8. The van der Waals surface area contributed by atoms with Crippen LogP contribution in [0.3, 0.4) is 0 Å². The molecule has 3 aromatic carbocycles. The quantitative estimate of drug-likeness (QED) is 0.257. The van der Waals surface area contributed by atoms with Crippen LogP contribution < -0.4 is 20.7 Å². The molecule has 7 heteroatoms. The number of amides is 1. The summed E-state index contributed by atoms with van der Waals surface area (Å²) < 4.78 is 10.7. The van der Waals surface area contributed by atoms with Crippen molar-refractivity contribution in [1.29, 1.82) is 0 Å². The van der Waals surface area contributed by atoms with E-state index in [0.29, 0.717) is 11.0 Å². The van der Waals surface area contributed by atoms with Gasteiger partial charge >= 0.3 is 5.63 Å². The van der Waals surface area contributed by atoms with Gasteiger partial charge in [-0.2, -0.15) is 5.10 Å². The van der Waals surface area contributed by atoms with Crippen LogP contribution >= 0.6 is 0 Å². The third kappa shape index (κ3) is 4.72. The molecule has 4 rings (SSSR count). The Bertz CT molecular complexity index is 1400. The molecule has 7 nitrogen and oxygen atoms in total. The van der Waals surface area contributed by atoms with Crippen molar-refractivity contribution in [2.24, 2.45) is 5.10 Å². The summed E-state index contributed by atoms with van der Waals surface area (Å²) >= 11 is 0. The number of nitrogens with one attached hydrogen (secondary N) is 1. The van der Waals surface area contributed by atoms with Gasteiger partial charge in [-0.3, -0.25) is 4.79 Å². The highest BCUT2D eigenvalue weighted by Crippen LogP contribution is 2.23. The van der Waals surface area contributed by atoms with Crippen LogP contribution in [0, 0.1) is 0 Å². The Kier molecular flexibility index (Phi) is 6.40. The zero-order chi connectivity index (χ0) is 23.4. The average molecular weight is 444 g/mol. The molecule has 0 bridgehead atoms. The number of fused-ring (bicyclic) bond motifs is 2. The number of benzene rings is 3. The van der Waals surface area contributed by atoms with Gasteiger partial charge in [-0.1, -0.05) is 18.2 Å². The topological polar surface area (TPSA) is 84.1 Å². The Hall–Kier alpha value is -4.13. The van der Waals surface area contributed by atoms with Crippen LogP contribution in [0.25, 0.3) is 21.7 Å². The molecular formula is C26H25N3O4. The van der Waals surface area contributed by atoms with Crippen LogP contribution in [0.2, 0.25) is 0 Å². The summed E-state index contributed by atoms with van der Waals surface area (Å²) in [7, 11) is 1.63. The van der Waals surface area contributed by atoms with Crippen molar-refractivity contribution in [2.45, 2.75) is 13.8 Å². The van der Waals surface area contributed by atoms with Gasteiger partial charge in [0.2, 0.25) is 0 Å². The lowest BCUT2D eigenvalue weighted by Crippen LogP contribution is -2.24. The summed E-state index contributed by atoms with van der Waals surface area (Å²) in [6, 6.07) is 18.7. The van der Waals surface area contributed by atoms with Crippen LogP contribution in [0.5, 0.6) is 5.75 Å². The first-order valence-corrected chi connectivity index (χ1v) is 10.8. The molecule has 0 fully saturated rings. The van der Waals surface area contributed by atoms with Crippen molar-refractivity contribution in [1.82, 2.24) is 5.43 Å². The largest absolute Gasteiger partial charge is 0.497 e. The highest BCUT2D eigenvalue weighted by molar-refractivity contribution is 5.98. The summed E-state index contributed by atoms with van der Waals surface area (Å²) in [5.41, 5.74) is 3.82. The number of hydrogen-bond acceptors (Lipinski definition) is 6. The number of hydrazone groups is 1. The second-order valence-electron chi connectivity index (χ2n) is 7.51. The van der Waals surface area contributed by atoms with E-state index < -0.39 is 11.5 Å². The number of nitrogens with zero attached hydrogens (tertiary/aromatic N) is 2. The van der Waals surface area contributed by atoms with Gasteiger partial charge in [0, 0.05) is 30.2 Å². The van der Waals surface area contributed by atoms with Crippen LogP contribution in [0.4, 0.5) is 5.69 Å². The number of hydrogen-bond donors (Lipinski definition) is 1. The maximum atomic E-state index is 12.5. The second-order valence-corrected chi connectivity index (χ2v) is 7.51. The van der Waals surface area contributed by atoms with Crippen molar-refractivity contribution >= 4 is 39.6 Å². The van der Waals surface area contributed by atoms with Crippen LogP contribution in [-0.2, 0) is 0 Å². The van der Waals surface area contributed by atoms with E-state index in [9.17, 15) is 9.59 Å². The normalized spacial score (nSPS) is 11.2. The zero-order valence-electron chi connectivity index (χ0n) is 18.8. The lowest BCUT2D eigenvalue weighted by atomic mass is 10.1. The molecule has 0 saturated carbocycles. The third-order valence-corrected chi connectivity index (χ3v) is 5.54. The van der Waals surface area contributed by atoms with E-state index >= 15 is 0 Å². The number of ether oxygens (including phenoxy) is 1. The first-order chi connectivity index (χ1) is 16.0. The second kappa shape index (κ2) is 9.56. The van der Waals surface area contributed by atoms with Crippen molar-refractivity contribution in [3.05, 3.63) is 82.2 Å². The fourth-order valence-electron chi connectivity index (χ4n) is 3.72. The fourth-order valence-corrected chi connectivity index (χ4v) is 3.72. The van der Waals surface area contributed by atoms with Gasteiger partial charge in [0.25, 0.3) is 5.91 Å². The van der Waals surface area contributed by atoms with Gasteiger partial charge in [-0.15, -0.1) is 0 Å². The third-order valence-electron chi connectivity index (χ3n) is 5.54. The van der Waals surface area contributed by atoms with Crippen molar-refractivity contribution in [2.75, 3.05) is 25.1 Å². The van der Waals surface area contributed by atoms with Gasteiger partial charge in [-0.05, 0) is 66.6 Å². The molecule has 0 unspecified atom stereocenters. The molecule has 0 aliphatic rings. The monoisotopic (exact) mass is 443 g/mol. The van der Waals surface area contributed by atoms with Crippen LogP contribution in [-0.4, -0.2) is 32.3 Å². The van der Waals surface area contributed by atoms with Gasteiger partial charge in [-0.25, -0.2) is 10.2 Å². The van der Waals surface area contributed by atoms with E-state index in [2.05, 4.69) is 29.3 Å².